The van der Waals surface area contributed by atoms with Crippen LogP contribution in [0, 0.1) is 0 Å². The van der Waals surface area contributed by atoms with Gasteiger partial charge in [0.2, 0.25) is 0 Å². The van der Waals surface area contributed by atoms with E-state index in [1.54, 1.807) is 0 Å². The lowest BCUT2D eigenvalue weighted by Gasteiger charge is -1.96. The van der Waals surface area contributed by atoms with E-state index in [2.05, 4.69) is 0 Å². The molecule has 0 heterocycles. The molecule has 1 nitrogen and oxygen atoms in total. The van der Waals surface area contributed by atoms with E-state index in [1.807, 2.05) is 0 Å². The highest BCUT2D eigenvalue weighted by molar-refractivity contribution is 5.90. The van der Waals surface area contributed by atoms with E-state index in [0.29, 0.717) is 0 Å². The molecule has 0 fully saturated rings. The Bertz CT molecular complexity index is 167. The van der Waals surface area contributed by atoms with E-state index in [9.17, 15) is 22.4 Å². The smallest absolute Gasteiger partial charge is 0.292 e. The van der Waals surface area contributed by atoms with Gasteiger partial charge in [-0.2, -0.15) is 13.2 Å². The van der Waals surface area contributed by atoms with Gasteiger partial charge < -0.3 is 0 Å². The molecule has 5 heteroatoms. The molecule has 0 bridgehead atoms. The summed E-state index contributed by atoms with van der Waals surface area (Å²) in [6, 6.07) is 0. The molecule has 0 aliphatic carbocycles. The van der Waals surface area contributed by atoms with Crippen molar-refractivity contribution in [2.45, 2.75) is 13.1 Å². The van der Waals surface area contributed by atoms with Crippen molar-refractivity contribution < 1.29 is 22.4 Å². The fraction of sp³-hybridized carbons (Fsp3) is 0.400. The molecule has 10 heavy (non-hydrogen) atoms. The van der Waals surface area contributed by atoms with Gasteiger partial charge in [-0.15, -0.1) is 0 Å². The summed E-state index contributed by atoms with van der Waals surface area (Å²) in [6.45, 7) is 0.720. The molecule has 0 N–H and O–H groups in total. The summed E-state index contributed by atoms with van der Waals surface area (Å²) in [4.78, 5) is 9.88. The third-order valence-corrected chi connectivity index (χ3v) is 0.627. The molecule has 0 aliphatic rings. The first-order valence-corrected chi connectivity index (χ1v) is 2.29. The fourth-order valence-corrected chi connectivity index (χ4v) is 0.245. The van der Waals surface area contributed by atoms with Crippen LogP contribution in [0.25, 0.3) is 0 Å². The van der Waals surface area contributed by atoms with E-state index in [1.165, 1.54) is 0 Å². The lowest BCUT2D eigenvalue weighted by molar-refractivity contribution is -0.116. The number of ketones is 1. The van der Waals surface area contributed by atoms with Crippen molar-refractivity contribution in [3.05, 3.63) is 11.9 Å². The maximum absolute atomic E-state index is 11.8. The summed E-state index contributed by atoms with van der Waals surface area (Å²) in [5.74, 6) is -3.00. The second-order valence-electron chi connectivity index (χ2n) is 1.59. The molecular weight excluding hydrogens is 152 g/mol. The van der Waals surface area contributed by atoms with Crippen molar-refractivity contribution in [3.63, 3.8) is 0 Å². The number of rotatable bonds is 1. The highest BCUT2D eigenvalue weighted by Gasteiger charge is 2.25. The quantitative estimate of drug-likeness (QED) is 0.419. The van der Waals surface area contributed by atoms with Crippen LogP contribution in [0.5, 0.6) is 0 Å². The van der Waals surface area contributed by atoms with Crippen molar-refractivity contribution in [2.24, 2.45) is 0 Å². The van der Waals surface area contributed by atoms with Crippen molar-refractivity contribution in [1.82, 2.24) is 0 Å². The van der Waals surface area contributed by atoms with Gasteiger partial charge in [0.1, 0.15) is 0 Å². The van der Waals surface area contributed by atoms with Gasteiger partial charge in [-0.1, -0.05) is 0 Å². The monoisotopic (exact) mass is 156 g/mol. The SMILES string of the molecule is CC(=O)/C(F)=C\C(F)(F)F. The second-order valence-corrected chi connectivity index (χ2v) is 1.59. The maximum atomic E-state index is 11.8. The Labute approximate surface area is 54.3 Å². The Hall–Kier alpha value is -0.870. The topological polar surface area (TPSA) is 17.1 Å². The van der Waals surface area contributed by atoms with Crippen molar-refractivity contribution in [1.29, 1.82) is 0 Å². The third-order valence-electron chi connectivity index (χ3n) is 0.627. The molecule has 0 spiro atoms. The Morgan fingerprint density at radius 2 is 1.80 bits per heavy atom. The Morgan fingerprint density at radius 3 is 1.90 bits per heavy atom. The number of carbonyl (C=O) groups excluding carboxylic acids is 1. The Balaban J connectivity index is 4.32. The molecule has 0 saturated carbocycles. The van der Waals surface area contributed by atoms with E-state index in [0.717, 1.165) is 6.92 Å². The highest BCUT2D eigenvalue weighted by atomic mass is 19.4. The number of hydrogen-bond donors (Lipinski definition) is 0. The molecule has 0 unspecified atom stereocenters. The van der Waals surface area contributed by atoms with Gasteiger partial charge in [0, 0.05) is 6.92 Å². The molecule has 0 aromatic carbocycles. The summed E-state index contributed by atoms with van der Waals surface area (Å²) in [5, 5.41) is 0. The largest absolute Gasteiger partial charge is 0.412 e. The normalized spacial score (nSPS) is 13.5. The average Bonchev–Trinajstić information content (AvgIpc) is 1.60. The predicted molar refractivity (Wildman–Crippen MR) is 25.9 cm³/mol. The second kappa shape index (κ2) is 2.81. The van der Waals surface area contributed by atoms with Gasteiger partial charge in [0.15, 0.2) is 11.6 Å². The molecule has 58 valence electrons. The lowest BCUT2D eigenvalue weighted by Crippen LogP contribution is -2.04. The van der Waals surface area contributed by atoms with Crippen LogP contribution in [0.3, 0.4) is 0 Å². The van der Waals surface area contributed by atoms with Crippen LogP contribution in [-0.4, -0.2) is 12.0 Å². The maximum Gasteiger partial charge on any atom is 0.412 e. The summed E-state index contributed by atoms with van der Waals surface area (Å²) < 4.78 is 45.4. The number of halogens is 4. The summed E-state index contributed by atoms with van der Waals surface area (Å²) >= 11 is 0. The number of alkyl halides is 3. The van der Waals surface area contributed by atoms with Crippen LogP contribution in [0.15, 0.2) is 11.9 Å². The molecular formula is C5H4F4O. The van der Waals surface area contributed by atoms with Crippen molar-refractivity contribution in [2.75, 3.05) is 0 Å². The minimum atomic E-state index is -4.75. The number of Topliss-reactive ketones (excluding diaryl/α,β-unsaturated/α-hetero) is 1. The van der Waals surface area contributed by atoms with Gasteiger partial charge in [-0.3, -0.25) is 4.79 Å². The van der Waals surface area contributed by atoms with Gasteiger partial charge in [-0.25, -0.2) is 4.39 Å². The van der Waals surface area contributed by atoms with Gasteiger partial charge in [0.05, 0.1) is 6.08 Å². The predicted octanol–water partition coefficient (Wildman–Crippen LogP) is 1.99. The zero-order valence-electron chi connectivity index (χ0n) is 5.00. The molecule has 0 aromatic rings. The van der Waals surface area contributed by atoms with Crippen LogP contribution < -0.4 is 0 Å². The standard InChI is InChI=1S/C5H4F4O/c1-3(10)4(6)2-5(7,8)9/h2H,1H3/b4-2+. The molecule has 0 rings (SSSR count). The molecule has 0 saturated heterocycles. The average molecular weight is 156 g/mol. The molecule has 0 aliphatic heterocycles. The van der Waals surface area contributed by atoms with Gasteiger partial charge in [-0.05, 0) is 0 Å². The third kappa shape index (κ3) is 4.05. The molecule has 0 atom stereocenters. The van der Waals surface area contributed by atoms with Crippen LogP contribution in [-0.2, 0) is 4.79 Å². The van der Waals surface area contributed by atoms with E-state index in [-0.39, 0.29) is 0 Å². The van der Waals surface area contributed by atoms with Crippen LogP contribution in [0.2, 0.25) is 0 Å². The van der Waals surface area contributed by atoms with E-state index < -0.39 is 23.9 Å². The first-order valence-electron chi connectivity index (χ1n) is 2.29. The Kier molecular flexibility index (Phi) is 2.56. The van der Waals surface area contributed by atoms with Crippen LogP contribution >= 0.6 is 0 Å². The van der Waals surface area contributed by atoms with Crippen molar-refractivity contribution in [3.8, 4) is 0 Å². The molecule has 0 radical (unpaired) electrons. The molecule has 0 amide bonds. The lowest BCUT2D eigenvalue weighted by atomic mass is 10.3. The first-order chi connectivity index (χ1) is 4.33. The Morgan fingerprint density at radius 1 is 1.40 bits per heavy atom. The number of hydrogen-bond acceptors (Lipinski definition) is 1. The van der Waals surface area contributed by atoms with Gasteiger partial charge in [0.25, 0.3) is 0 Å². The summed E-state index contributed by atoms with van der Waals surface area (Å²) in [5.41, 5.74) is 0. The minimum absolute atomic E-state index is 0.671. The fourth-order valence-electron chi connectivity index (χ4n) is 0.245. The summed E-state index contributed by atoms with van der Waals surface area (Å²) in [6.07, 6.45) is -5.43. The number of carbonyl (C=O) groups is 1. The van der Waals surface area contributed by atoms with Crippen molar-refractivity contribution >= 4 is 5.78 Å². The van der Waals surface area contributed by atoms with E-state index >= 15 is 0 Å². The highest BCUT2D eigenvalue weighted by Crippen LogP contribution is 2.19. The number of allylic oxidation sites excluding steroid dienone is 2. The molecule has 0 aromatic heterocycles. The summed E-state index contributed by atoms with van der Waals surface area (Å²) in [7, 11) is 0. The minimum Gasteiger partial charge on any atom is -0.292 e. The zero-order valence-corrected chi connectivity index (χ0v) is 5.00. The van der Waals surface area contributed by atoms with Gasteiger partial charge >= 0.3 is 6.18 Å². The zero-order chi connectivity index (χ0) is 8.36. The van der Waals surface area contributed by atoms with Crippen LogP contribution in [0.4, 0.5) is 17.6 Å². The van der Waals surface area contributed by atoms with Crippen LogP contribution in [0.1, 0.15) is 6.92 Å². The van der Waals surface area contributed by atoms with E-state index in [4.69, 9.17) is 0 Å². The first kappa shape index (κ1) is 9.13.